The number of methoxy groups -OCH3 is 1. The number of allylic oxidation sites excluding steroid dienone is 1. The first kappa shape index (κ1) is 13.0. The summed E-state index contributed by atoms with van der Waals surface area (Å²) < 4.78 is 5.23. The highest BCUT2D eigenvalue weighted by Crippen LogP contribution is 2.22. The lowest BCUT2D eigenvalue weighted by Crippen LogP contribution is -2.02. The molecule has 3 N–H and O–H groups in total. The van der Waals surface area contributed by atoms with Crippen molar-refractivity contribution >= 4 is 17.2 Å². The van der Waals surface area contributed by atoms with Crippen LogP contribution in [-0.4, -0.2) is 18.7 Å². The average molecular weight is 231 g/mol. The van der Waals surface area contributed by atoms with Gasteiger partial charge in [0.15, 0.2) is 0 Å². The Balaban J connectivity index is 3.07. The number of para-hydroxylation sites is 1. The van der Waals surface area contributed by atoms with Crippen molar-refractivity contribution in [1.82, 2.24) is 0 Å². The summed E-state index contributed by atoms with van der Waals surface area (Å²) in [7, 11) is 1.61. The first-order valence-electron chi connectivity index (χ1n) is 5.25. The van der Waals surface area contributed by atoms with Gasteiger partial charge >= 0.3 is 0 Å². The maximum Gasteiger partial charge on any atom is 0.128 e. The molecule has 0 saturated heterocycles. The highest BCUT2D eigenvalue weighted by Gasteiger charge is 2.04. The predicted octanol–water partition coefficient (Wildman–Crippen LogP) is 2.45. The predicted molar refractivity (Wildman–Crippen MR) is 71.7 cm³/mol. The first-order chi connectivity index (χ1) is 8.04. The Morgan fingerprint density at radius 2 is 2.00 bits per heavy atom. The van der Waals surface area contributed by atoms with Crippen molar-refractivity contribution in [2.45, 2.75) is 13.8 Å². The molecule has 0 atom stereocenters. The third kappa shape index (κ3) is 3.75. The first-order valence-corrected chi connectivity index (χ1v) is 5.25. The fraction of sp³-hybridized carbons (Fsp3) is 0.231. The van der Waals surface area contributed by atoms with Gasteiger partial charge in [-0.05, 0) is 32.1 Å². The molecule has 0 amide bonds. The van der Waals surface area contributed by atoms with Gasteiger partial charge in [0.2, 0.25) is 0 Å². The van der Waals surface area contributed by atoms with Crippen LogP contribution in [0, 0.1) is 5.41 Å². The smallest absolute Gasteiger partial charge is 0.128 e. The van der Waals surface area contributed by atoms with Gasteiger partial charge in [-0.15, -0.1) is 0 Å². The summed E-state index contributed by atoms with van der Waals surface area (Å²) in [5, 5.41) is 7.27. The Labute approximate surface area is 101 Å². The minimum atomic E-state index is 0.256. The number of amidine groups is 1. The second-order valence-electron chi connectivity index (χ2n) is 3.64. The van der Waals surface area contributed by atoms with E-state index < -0.39 is 0 Å². The Hall–Kier alpha value is -2.10. The third-order valence-corrected chi connectivity index (χ3v) is 2.13. The number of nitrogens with zero attached hydrogens (tertiary/aromatic N) is 1. The second kappa shape index (κ2) is 5.84. The molecule has 90 valence electrons. The van der Waals surface area contributed by atoms with Crippen LogP contribution in [0.4, 0.5) is 0 Å². The van der Waals surface area contributed by atoms with E-state index in [1.165, 1.54) is 0 Å². The summed E-state index contributed by atoms with van der Waals surface area (Å²) in [5.74, 6) is 0.979. The van der Waals surface area contributed by atoms with E-state index >= 15 is 0 Å². The molecule has 0 spiro atoms. The summed E-state index contributed by atoms with van der Waals surface area (Å²) in [6.07, 6.45) is 1.73. The normalized spacial score (nSPS) is 12.4. The van der Waals surface area contributed by atoms with E-state index in [0.717, 1.165) is 11.3 Å². The van der Waals surface area contributed by atoms with Crippen LogP contribution in [0.15, 0.2) is 35.3 Å². The highest BCUT2D eigenvalue weighted by molar-refractivity contribution is 6.04. The Bertz CT molecular complexity index is 475. The molecule has 0 bridgehead atoms. The number of benzene rings is 1. The van der Waals surface area contributed by atoms with Crippen molar-refractivity contribution in [3.05, 3.63) is 35.9 Å². The van der Waals surface area contributed by atoms with Crippen LogP contribution >= 0.6 is 0 Å². The van der Waals surface area contributed by atoms with Gasteiger partial charge in [-0.1, -0.05) is 12.1 Å². The van der Waals surface area contributed by atoms with Gasteiger partial charge in [-0.2, -0.15) is 0 Å². The molecule has 0 aliphatic heterocycles. The van der Waals surface area contributed by atoms with E-state index in [1.807, 2.05) is 24.3 Å². The lowest BCUT2D eigenvalue weighted by Gasteiger charge is -2.08. The number of hydrogen-bond acceptors (Lipinski definition) is 3. The minimum Gasteiger partial charge on any atom is -0.496 e. The van der Waals surface area contributed by atoms with Crippen LogP contribution in [-0.2, 0) is 0 Å². The minimum absolute atomic E-state index is 0.256. The van der Waals surface area contributed by atoms with Gasteiger partial charge < -0.3 is 10.5 Å². The molecule has 0 aliphatic rings. The summed E-state index contributed by atoms with van der Waals surface area (Å²) in [4.78, 5) is 4.00. The molecular formula is C13H17N3O. The van der Waals surface area contributed by atoms with Crippen molar-refractivity contribution in [2.75, 3.05) is 7.11 Å². The number of hydrogen-bond donors (Lipinski definition) is 2. The van der Waals surface area contributed by atoms with Gasteiger partial charge in [0.25, 0.3) is 0 Å². The Morgan fingerprint density at radius 1 is 1.35 bits per heavy atom. The van der Waals surface area contributed by atoms with E-state index in [4.69, 9.17) is 15.9 Å². The molecule has 0 radical (unpaired) electrons. The molecule has 0 unspecified atom stereocenters. The molecule has 0 saturated carbocycles. The third-order valence-electron chi connectivity index (χ3n) is 2.13. The molecule has 0 heterocycles. The van der Waals surface area contributed by atoms with Crippen LogP contribution in [0.1, 0.15) is 19.4 Å². The zero-order chi connectivity index (χ0) is 12.8. The van der Waals surface area contributed by atoms with Crippen LogP contribution in [0.3, 0.4) is 0 Å². The van der Waals surface area contributed by atoms with Crippen molar-refractivity contribution in [1.29, 1.82) is 5.41 Å². The number of aliphatic imine (C=N–C) groups is 1. The van der Waals surface area contributed by atoms with Gasteiger partial charge in [0, 0.05) is 17.0 Å². The maximum absolute atomic E-state index is 7.27. The van der Waals surface area contributed by atoms with E-state index in [0.29, 0.717) is 11.4 Å². The molecular weight excluding hydrogens is 214 g/mol. The van der Waals surface area contributed by atoms with Crippen molar-refractivity contribution in [3.63, 3.8) is 0 Å². The van der Waals surface area contributed by atoms with E-state index in [-0.39, 0.29) is 5.84 Å². The van der Waals surface area contributed by atoms with Crippen LogP contribution in [0.25, 0.3) is 5.70 Å². The Kier molecular flexibility index (Phi) is 4.46. The molecule has 1 aromatic rings. The molecule has 0 aliphatic carbocycles. The van der Waals surface area contributed by atoms with Crippen LogP contribution in [0.2, 0.25) is 0 Å². The standard InChI is InChI=1S/C13H17N3O/c1-9(16-10(2)14)8-12(15)11-6-4-5-7-13(11)17-3/h4-8,14H,15H2,1-3H3. The SMILES string of the molecule is COc1ccccc1C(N)=CC(C)=NC(C)=N. The molecule has 4 heteroatoms. The zero-order valence-electron chi connectivity index (χ0n) is 10.3. The second-order valence-corrected chi connectivity index (χ2v) is 3.64. The summed E-state index contributed by atoms with van der Waals surface area (Å²) in [6, 6.07) is 7.52. The summed E-state index contributed by atoms with van der Waals surface area (Å²) >= 11 is 0. The number of nitrogens with two attached hydrogens (primary N) is 1. The van der Waals surface area contributed by atoms with E-state index in [9.17, 15) is 0 Å². The number of nitrogens with one attached hydrogen (secondary N) is 1. The van der Waals surface area contributed by atoms with E-state index in [2.05, 4.69) is 4.99 Å². The number of ether oxygens (including phenoxy) is 1. The van der Waals surface area contributed by atoms with Crippen molar-refractivity contribution in [3.8, 4) is 5.75 Å². The zero-order valence-corrected chi connectivity index (χ0v) is 10.3. The highest BCUT2D eigenvalue weighted by atomic mass is 16.5. The maximum atomic E-state index is 7.27. The summed E-state index contributed by atoms with van der Waals surface area (Å²) in [5.41, 5.74) is 8.07. The number of rotatable bonds is 3. The summed E-state index contributed by atoms with van der Waals surface area (Å²) in [6.45, 7) is 3.43. The van der Waals surface area contributed by atoms with Crippen LogP contribution < -0.4 is 10.5 Å². The van der Waals surface area contributed by atoms with Gasteiger partial charge in [-0.3, -0.25) is 5.41 Å². The van der Waals surface area contributed by atoms with Gasteiger partial charge in [-0.25, -0.2) is 4.99 Å². The van der Waals surface area contributed by atoms with Crippen molar-refractivity contribution < 1.29 is 4.74 Å². The molecule has 0 aromatic heterocycles. The largest absolute Gasteiger partial charge is 0.496 e. The molecule has 4 nitrogen and oxygen atoms in total. The quantitative estimate of drug-likeness (QED) is 0.619. The van der Waals surface area contributed by atoms with Crippen LogP contribution in [0.5, 0.6) is 5.75 Å². The fourth-order valence-electron chi connectivity index (χ4n) is 1.48. The van der Waals surface area contributed by atoms with Crippen molar-refractivity contribution in [2.24, 2.45) is 10.7 Å². The monoisotopic (exact) mass is 231 g/mol. The Morgan fingerprint density at radius 3 is 2.59 bits per heavy atom. The topological polar surface area (TPSA) is 71.5 Å². The lowest BCUT2D eigenvalue weighted by atomic mass is 10.1. The molecule has 17 heavy (non-hydrogen) atoms. The van der Waals surface area contributed by atoms with E-state index in [1.54, 1.807) is 27.0 Å². The average Bonchev–Trinajstić information content (AvgIpc) is 2.27. The van der Waals surface area contributed by atoms with Gasteiger partial charge in [0.1, 0.15) is 11.6 Å². The molecule has 1 aromatic carbocycles. The molecule has 0 fully saturated rings. The molecule has 1 rings (SSSR count). The van der Waals surface area contributed by atoms with Gasteiger partial charge in [0.05, 0.1) is 7.11 Å². The lowest BCUT2D eigenvalue weighted by molar-refractivity contribution is 0.413. The fourth-order valence-corrected chi connectivity index (χ4v) is 1.48.